The molecule has 7 heteroatoms. The molecule has 0 unspecified atom stereocenters. The summed E-state index contributed by atoms with van der Waals surface area (Å²) in [5.41, 5.74) is 5.16. The van der Waals surface area contributed by atoms with Gasteiger partial charge in [0, 0.05) is 12.1 Å². The number of allylic oxidation sites excluding steroid dienone is 4. The molecule has 0 aliphatic heterocycles. The van der Waals surface area contributed by atoms with Gasteiger partial charge in [-0.3, -0.25) is 4.79 Å². The summed E-state index contributed by atoms with van der Waals surface area (Å²) in [5.74, 6) is -0.274. The number of carbonyl (C=O) groups excluding carboxylic acids is 1. The third kappa shape index (κ3) is 6.19. The van der Waals surface area contributed by atoms with Crippen molar-refractivity contribution in [3.8, 4) is 0 Å². The van der Waals surface area contributed by atoms with Crippen molar-refractivity contribution >= 4 is 5.91 Å². The van der Waals surface area contributed by atoms with Gasteiger partial charge < -0.3 is 16.4 Å². The van der Waals surface area contributed by atoms with Crippen LogP contribution in [0.15, 0.2) is 36.0 Å². The molecule has 1 amide bonds. The molecule has 0 aromatic heterocycles. The maximum atomic E-state index is 12.8. The fourth-order valence-electron chi connectivity index (χ4n) is 2.00. The van der Waals surface area contributed by atoms with Crippen LogP contribution >= 0.6 is 0 Å². The van der Waals surface area contributed by atoms with Crippen molar-refractivity contribution in [2.75, 3.05) is 13.6 Å². The number of alkyl halides is 3. The van der Waals surface area contributed by atoms with Gasteiger partial charge in [-0.2, -0.15) is 13.2 Å². The minimum absolute atomic E-state index is 0.143. The number of carbonyl (C=O) groups is 1. The first-order chi connectivity index (χ1) is 10.6. The first-order valence-corrected chi connectivity index (χ1v) is 7.45. The van der Waals surface area contributed by atoms with E-state index in [0.29, 0.717) is 12.1 Å². The quantitative estimate of drug-likeness (QED) is 0.597. The number of nitrogens with two attached hydrogens (primary N) is 1. The van der Waals surface area contributed by atoms with Gasteiger partial charge in [0.15, 0.2) is 0 Å². The van der Waals surface area contributed by atoms with Crippen LogP contribution in [0.25, 0.3) is 0 Å². The molecule has 23 heavy (non-hydrogen) atoms. The van der Waals surface area contributed by atoms with Crippen molar-refractivity contribution in [2.24, 2.45) is 5.73 Å². The topological polar surface area (TPSA) is 67.2 Å². The molecule has 0 aromatic carbocycles. The molecule has 0 saturated heterocycles. The van der Waals surface area contributed by atoms with E-state index in [1.807, 2.05) is 0 Å². The summed E-state index contributed by atoms with van der Waals surface area (Å²) in [5, 5.41) is 5.57. The summed E-state index contributed by atoms with van der Waals surface area (Å²) in [6, 6.07) is -0.626. The molecule has 0 bridgehead atoms. The Morgan fingerprint density at radius 1 is 1.43 bits per heavy atom. The molecule has 1 rings (SSSR count). The van der Waals surface area contributed by atoms with Crippen molar-refractivity contribution in [1.29, 1.82) is 0 Å². The highest BCUT2D eigenvalue weighted by molar-refractivity contribution is 5.82. The lowest BCUT2D eigenvalue weighted by molar-refractivity contribution is -0.123. The molecule has 4 N–H and O–H groups in total. The summed E-state index contributed by atoms with van der Waals surface area (Å²) in [6.07, 6.45) is 0.746. The Morgan fingerprint density at radius 3 is 2.43 bits per heavy atom. The molecule has 1 aliphatic rings. The van der Waals surface area contributed by atoms with E-state index < -0.39 is 17.8 Å². The van der Waals surface area contributed by atoms with Crippen LogP contribution in [0, 0.1) is 0 Å². The van der Waals surface area contributed by atoms with Gasteiger partial charge in [0.05, 0.1) is 11.6 Å². The molecule has 0 spiro atoms. The van der Waals surface area contributed by atoms with E-state index in [4.69, 9.17) is 5.73 Å². The summed E-state index contributed by atoms with van der Waals surface area (Å²) in [4.78, 5) is 12.1. The molecule has 130 valence electrons. The lowest BCUT2D eigenvalue weighted by atomic mass is 10.0. The van der Waals surface area contributed by atoms with Crippen molar-refractivity contribution in [2.45, 2.75) is 43.9 Å². The molecular weight excluding hydrogens is 307 g/mol. The zero-order valence-corrected chi connectivity index (χ0v) is 13.5. The first-order valence-electron chi connectivity index (χ1n) is 7.45. The summed E-state index contributed by atoms with van der Waals surface area (Å²) in [6.45, 7) is 5.20. The van der Waals surface area contributed by atoms with Gasteiger partial charge in [-0.1, -0.05) is 18.7 Å². The normalized spacial score (nSPS) is 19.2. The lowest BCUT2D eigenvalue weighted by Gasteiger charge is -2.19. The Kier molecular flexibility index (Phi) is 6.58. The van der Waals surface area contributed by atoms with Gasteiger partial charge in [0.2, 0.25) is 5.91 Å². The van der Waals surface area contributed by atoms with Crippen molar-refractivity contribution in [3.63, 3.8) is 0 Å². The predicted octanol–water partition coefficient (Wildman–Crippen LogP) is 2.19. The van der Waals surface area contributed by atoms with E-state index in [2.05, 4.69) is 17.2 Å². The van der Waals surface area contributed by atoms with Gasteiger partial charge >= 0.3 is 6.18 Å². The third-order valence-electron chi connectivity index (χ3n) is 3.87. The molecular formula is C16H24F3N3O. The number of halogens is 3. The fourth-order valence-corrected chi connectivity index (χ4v) is 2.00. The molecule has 0 aromatic rings. The fraction of sp³-hybridized carbons (Fsp3) is 0.562. The first kappa shape index (κ1) is 19.4. The maximum Gasteiger partial charge on any atom is 0.416 e. The molecule has 1 aliphatic carbocycles. The highest BCUT2D eigenvalue weighted by atomic mass is 19.4. The van der Waals surface area contributed by atoms with Crippen LogP contribution in [0.2, 0.25) is 0 Å². The highest BCUT2D eigenvalue weighted by Gasteiger charge is 2.38. The summed E-state index contributed by atoms with van der Waals surface area (Å²) < 4.78 is 38.3. The van der Waals surface area contributed by atoms with Crippen LogP contribution < -0.4 is 16.4 Å². The zero-order valence-electron chi connectivity index (χ0n) is 13.5. The number of rotatable bonds is 8. The molecule has 1 fully saturated rings. The number of nitrogens with one attached hydrogen (secondary N) is 2. The van der Waals surface area contributed by atoms with Crippen molar-refractivity contribution in [3.05, 3.63) is 36.0 Å². The Hall–Kier alpha value is -1.60. The predicted molar refractivity (Wildman–Crippen MR) is 84.7 cm³/mol. The van der Waals surface area contributed by atoms with E-state index in [9.17, 15) is 18.0 Å². The average Bonchev–Trinajstić information content (AvgIpc) is 3.22. The van der Waals surface area contributed by atoms with Crippen molar-refractivity contribution < 1.29 is 18.0 Å². The van der Waals surface area contributed by atoms with Crippen LogP contribution in [0.4, 0.5) is 13.2 Å². The van der Waals surface area contributed by atoms with E-state index in [1.165, 1.54) is 0 Å². The third-order valence-corrected chi connectivity index (χ3v) is 3.87. The van der Waals surface area contributed by atoms with E-state index in [0.717, 1.165) is 25.0 Å². The minimum atomic E-state index is -4.47. The lowest BCUT2D eigenvalue weighted by Crippen LogP contribution is -2.47. The number of hydrogen-bond donors (Lipinski definition) is 3. The number of hydrogen-bond acceptors (Lipinski definition) is 3. The molecule has 1 saturated carbocycles. The molecule has 1 atom stereocenters. The monoisotopic (exact) mass is 331 g/mol. The van der Waals surface area contributed by atoms with Crippen molar-refractivity contribution in [1.82, 2.24) is 10.6 Å². The Morgan fingerprint density at radius 2 is 2.04 bits per heavy atom. The molecule has 0 heterocycles. The second-order valence-electron chi connectivity index (χ2n) is 5.79. The Bertz CT molecular complexity index is 505. The molecule has 4 nitrogen and oxygen atoms in total. The Balaban J connectivity index is 2.72. The largest absolute Gasteiger partial charge is 0.416 e. The SMILES string of the molecule is C=C/C(=C\C(=C/C)C[C@H](NC)C(=O)NCC1(N)CC1)C(F)(F)F. The van der Waals surface area contributed by atoms with Gasteiger partial charge in [0.25, 0.3) is 0 Å². The van der Waals surface area contributed by atoms with Crippen LogP contribution in [0.1, 0.15) is 26.2 Å². The maximum absolute atomic E-state index is 12.8. The van der Waals surface area contributed by atoms with E-state index in [1.54, 1.807) is 20.0 Å². The molecule has 0 radical (unpaired) electrons. The number of amides is 1. The van der Waals surface area contributed by atoms with Crippen LogP contribution in [-0.2, 0) is 4.79 Å². The van der Waals surface area contributed by atoms with Crippen LogP contribution in [-0.4, -0.2) is 37.3 Å². The second kappa shape index (κ2) is 7.79. The second-order valence-corrected chi connectivity index (χ2v) is 5.79. The zero-order chi connectivity index (χ0) is 17.7. The summed E-state index contributed by atoms with van der Waals surface area (Å²) >= 11 is 0. The van der Waals surface area contributed by atoms with Gasteiger partial charge in [-0.25, -0.2) is 0 Å². The van der Waals surface area contributed by atoms with Gasteiger partial charge in [0.1, 0.15) is 0 Å². The van der Waals surface area contributed by atoms with Gasteiger partial charge in [-0.15, -0.1) is 0 Å². The summed E-state index contributed by atoms with van der Waals surface area (Å²) in [7, 11) is 1.59. The highest BCUT2D eigenvalue weighted by Crippen LogP contribution is 2.31. The minimum Gasteiger partial charge on any atom is -0.353 e. The van der Waals surface area contributed by atoms with Gasteiger partial charge in [-0.05, 0) is 44.9 Å². The van der Waals surface area contributed by atoms with E-state index in [-0.39, 0.29) is 17.9 Å². The Labute approximate surface area is 134 Å². The van der Waals surface area contributed by atoms with E-state index >= 15 is 0 Å². The standard InChI is InChI=1S/C16H24F3N3O/c1-4-11(8-12(5-2)16(17,18)19)9-13(21-3)14(23)22-10-15(20)6-7-15/h4-5,8,13,21H,2,6-7,9-10,20H2,1,3H3,(H,22,23)/b11-4+,12-8+/t13-/m0/s1. The van der Waals surface area contributed by atoms with Crippen LogP contribution in [0.5, 0.6) is 0 Å². The smallest absolute Gasteiger partial charge is 0.353 e. The van der Waals surface area contributed by atoms with Crippen LogP contribution in [0.3, 0.4) is 0 Å². The average molecular weight is 331 g/mol. The number of likely N-dealkylation sites (N-methyl/N-ethyl adjacent to an activating group) is 1.